The Morgan fingerprint density at radius 1 is 1.33 bits per heavy atom. The Morgan fingerprint density at radius 2 is 2.07 bits per heavy atom. The van der Waals surface area contributed by atoms with E-state index < -0.39 is 0 Å². The van der Waals surface area contributed by atoms with E-state index in [0.717, 1.165) is 45.5 Å². The van der Waals surface area contributed by atoms with Gasteiger partial charge in [0.1, 0.15) is 0 Å². The number of thiocarbonyl (C=S) groups is 1. The smallest absolute Gasteiger partial charge is 0.0740 e. The molecule has 0 saturated heterocycles. The Labute approximate surface area is 97.4 Å². The van der Waals surface area contributed by atoms with Gasteiger partial charge in [-0.15, -0.1) is 0 Å². The highest BCUT2D eigenvalue weighted by atomic mass is 32.1. The molecular weight excluding hydrogens is 212 g/mol. The first-order valence-corrected chi connectivity index (χ1v) is 5.72. The van der Waals surface area contributed by atoms with E-state index in [1.54, 1.807) is 7.11 Å². The summed E-state index contributed by atoms with van der Waals surface area (Å²) in [6.45, 7) is 3.71. The van der Waals surface area contributed by atoms with Crippen LogP contribution in [0.15, 0.2) is 0 Å². The molecule has 0 saturated carbocycles. The van der Waals surface area contributed by atoms with Gasteiger partial charge in [0.05, 0.1) is 11.6 Å². The van der Waals surface area contributed by atoms with Gasteiger partial charge in [-0.1, -0.05) is 12.2 Å². The molecule has 0 atom stereocenters. The summed E-state index contributed by atoms with van der Waals surface area (Å²) in [6, 6.07) is 0. The van der Waals surface area contributed by atoms with E-state index in [-0.39, 0.29) is 6.61 Å². The minimum atomic E-state index is 0.257. The van der Waals surface area contributed by atoms with Crippen LogP contribution in [0.25, 0.3) is 0 Å². The molecule has 0 aliphatic heterocycles. The van der Waals surface area contributed by atoms with Crippen LogP contribution in [0.2, 0.25) is 0 Å². The van der Waals surface area contributed by atoms with Crippen LogP contribution in [0, 0.1) is 0 Å². The molecule has 0 amide bonds. The average molecular weight is 234 g/mol. The maximum atomic E-state index is 8.69. The number of aliphatic hydroxyl groups excluding tert-OH is 1. The molecule has 0 aromatic carbocycles. The summed E-state index contributed by atoms with van der Waals surface area (Å²) in [4.78, 5) is 2.82. The number of rotatable bonds is 10. The molecule has 0 aliphatic rings. The van der Waals surface area contributed by atoms with E-state index in [9.17, 15) is 0 Å². The van der Waals surface area contributed by atoms with Crippen molar-refractivity contribution in [1.82, 2.24) is 4.90 Å². The Morgan fingerprint density at radius 3 is 2.60 bits per heavy atom. The molecule has 90 valence electrons. The fourth-order valence-corrected chi connectivity index (χ4v) is 1.36. The van der Waals surface area contributed by atoms with Crippen LogP contribution in [0.5, 0.6) is 0 Å². The highest BCUT2D eigenvalue weighted by molar-refractivity contribution is 7.80. The molecule has 0 fully saturated rings. The third kappa shape index (κ3) is 10.1. The van der Waals surface area contributed by atoms with E-state index in [4.69, 9.17) is 27.8 Å². The predicted molar refractivity (Wildman–Crippen MR) is 66.0 cm³/mol. The second-order valence-electron chi connectivity index (χ2n) is 3.48. The fourth-order valence-electron chi connectivity index (χ4n) is 1.27. The second-order valence-corrected chi connectivity index (χ2v) is 4.01. The number of methoxy groups -OCH3 is 1. The normalized spacial score (nSPS) is 10.9. The first-order chi connectivity index (χ1) is 7.20. The van der Waals surface area contributed by atoms with Crippen molar-refractivity contribution in [1.29, 1.82) is 0 Å². The zero-order valence-electron chi connectivity index (χ0n) is 9.45. The minimum Gasteiger partial charge on any atom is -0.396 e. The fraction of sp³-hybridized carbons (Fsp3) is 0.900. The van der Waals surface area contributed by atoms with Gasteiger partial charge in [0.2, 0.25) is 0 Å². The van der Waals surface area contributed by atoms with Crippen LogP contribution < -0.4 is 5.73 Å². The van der Waals surface area contributed by atoms with Crippen molar-refractivity contribution in [3.05, 3.63) is 0 Å². The van der Waals surface area contributed by atoms with E-state index in [1.165, 1.54) is 0 Å². The lowest BCUT2D eigenvalue weighted by Crippen LogP contribution is -2.31. The van der Waals surface area contributed by atoms with E-state index >= 15 is 0 Å². The zero-order valence-corrected chi connectivity index (χ0v) is 10.3. The Balaban J connectivity index is 3.67. The SMILES string of the molecule is COCCN(CCCCO)CCC(N)=S. The van der Waals surface area contributed by atoms with Crippen molar-refractivity contribution < 1.29 is 9.84 Å². The van der Waals surface area contributed by atoms with Crippen LogP contribution in [-0.4, -0.2) is 55.0 Å². The van der Waals surface area contributed by atoms with Gasteiger partial charge >= 0.3 is 0 Å². The van der Waals surface area contributed by atoms with Crippen molar-refractivity contribution >= 4 is 17.2 Å². The first kappa shape index (κ1) is 14.8. The third-order valence-electron chi connectivity index (χ3n) is 2.17. The quantitative estimate of drug-likeness (QED) is 0.423. The number of unbranched alkanes of at least 4 members (excludes halogenated alkanes) is 1. The molecule has 0 heterocycles. The molecule has 0 aromatic heterocycles. The summed E-state index contributed by atoms with van der Waals surface area (Å²) in [5.41, 5.74) is 5.46. The zero-order chi connectivity index (χ0) is 11.5. The number of hydrogen-bond donors (Lipinski definition) is 2. The number of hydrogen-bond acceptors (Lipinski definition) is 4. The molecule has 0 aliphatic carbocycles. The second kappa shape index (κ2) is 10.3. The lowest BCUT2D eigenvalue weighted by atomic mass is 10.3. The van der Waals surface area contributed by atoms with Crippen molar-refractivity contribution in [3.63, 3.8) is 0 Å². The van der Waals surface area contributed by atoms with Gasteiger partial charge in [-0.05, 0) is 19.4 Å². The van der Waals surface area contributed by atoms with Gasteiger partial charge in [-0.2, -0.15) is 0 Å². The standard InChI is InChI=1S/C10H22N2O2S/c1-14-9-7-12(5-2-3-8-13)6-4-10(11)15/h13H,2-9H2,1H3,(H2,11,15). The molecule has 0 spiro atoms. The first-order valence-electron chi connectivity index (χ1n) is 5.31. The van der Waals surface area contributed by atoms with Gasteiger partial charge in [0.25, 0.3) is 0 Å². The van der Waals surface area contributed by atoms with Crippen molar-refractivity contribution in [3.8, 4) is 0 Å². The average Bonchev–Trinajstić information content (AvgIpc) is 2.21. The Hall–Kier alpha value is -0.230. The van der Waals surface area contributed by atoms with Crippen LogP contribution in [0.1, 0.15) is 19.3 Å². The molecule has 0 radical (unpaired) electrons. The van der Waals surface area contributed by atoms with E-state index in [1.807, 2.05) is 0 Å². The summed E-state index contributed by atoms with van der Waals surface area (Å²) < 4.78 is 5.03. The molecule has 0 bridgehead atoms. The minimum absolute atomic E-state index is 0.257. The van der Waals surface area contributed by atoms with Crippen molar-refractivity contribution in [2.45, 2.75) is 19.3 Å². The number of aliphatic hydroxyl groups is 1. The number of nitrogens with zero attached hydrogens (tertiary/aromatic N) is 1. The molecule has 0 aromatic rings. The third-order valence-corrected chi connectivity index (χ3v) is 2.37. The summed E-state index contributed by atoms with van der Waals surface area (Å²) in [7, 11) is 1.69. The number of ether oxygens (including phenoxy) is 1. The van der Waals surface area contributed by atoms with E-state index in [0.29, 0.717) is 4.99 Å². The Bertz CT molecular complexity index is 168. The molecule has 0 rings (SSSR count). The summed E-state index contributed by atoms with van der Waals surface area (Å²) in [5.74, 6) is 0. The van der Waals surface area contributed by atoms with Gasteiger partial charge in [-0.25, -0.2) is 0 Å². The summed E-state index contributed by atoms with van der Waals surface area (Å²) in [6.07, 6.45) is 2.59. The monoisotopic (exact) mass is 234 g/mol. The topological polar surface area (TPSA) is 58.7 Å². The maximum Gasteiger partial charge on any atom is 0.0740 e. The van der Waals surface area contributed by atoms with Crippen LogP contribution in [0.3, 0.4) is 0 Å². The molecule has 3 N–H and O–H groups in total. The summed E-state index contributed by atoms with van der Waals surface area (Å²) >= 11 is 4.84. The Kier molecular flexibility index (Phi) is 10.1. The van der Waals surface area contributed by atoms with Crippen molar-refractivity contribution in [2.75, 3.05) is 40.0 Å². The predicted octanol–water partition coefficient (Wildman–Crippen LogP) is 0.384. The van der Waals surface area contributed by atoms with Crippen LogP contribution in [0.4, 0.5) is 0 Å². The lowest BCUT2D eigenvalue weighted by Gasteiger charge is -2.21. The van der Waals surface area contributed by atoms with Crippen LogP contribution >= 0.6 is 12.2 Å². The van der Waals surface area contributed by atoms with Crippen molar-refractivity contribution in [2.24, 2.45) is 5.73 Å². The molecule has 4 nitrogen and oxygen atoms in total. The van der Waals surface area contributed by atoms with Crippen LogP contribution in [-0.2, 0) is 4.74 Å². The maximum absolute atomic E-state index is 8.69. The van der Waals surface area contributed by atoms with Gasteiger partial charge in [-0.3, -0.25) is 0 Å². The van der Waals surface area contributed by atoms with E-state index in [2.05, 4.69) is 4.90 Å². The van der Waals surface area contributed by atoms with Gasteiger partial charge in [0, 0.05) is 33.2 Å². The largest absolute Gasteiger partial charge is 0.396 e. The number of nitrogens with two attached hydrogens (primary N) is 1. The summed E-state index contributed by atoms with van der Waals surface area (Å²) in [5, 5.41) is 8.69. The lowest BCUT2D eigenvalue weighted by molar-refractivity contribution is 0.146. The highest BCUT2D eigenvalue weighted by Gasteiger charge is 2.04. The molecule has 5 heteroatoms. The van der Waals surface area contributed by atoms with Gasteiger partial charge in [0.15, 0.2) is 0 Å². The highest BCUT2D eigenvalue weighted by Crippen LogP contribution is 1.97. The van der Waals surface area contributed by atoms with Gasteiger partial charge < -0.3 is 20.5 Å². The molecular formula is C10H22N2O2S. The molecule has 15 heavy (non-hydrogen) atoms. The molecule has 0 unspecified atom stereocenters.